The first-order valence-corrected chi connectivity index (χ1v) is 12.5. The number of sulfone groups is 1. The van der Waals surface area contributed by atoms with Crippen LogP contribution >= 0.6 is 23.4 Å². The monoisotopic (exact) mass is 464 g/mol. The van der Waals surface area contributed by atoms with Crippen LogP contribution in [-0.2, 0) is 14.6 Å². The summed E-state index contributed by atoms with van der Waals surface area (Å²) in [6.45, 7) is 3.75. The molecule has 0 unspecified atom stereocenters. The van der Waals surface area contributed by atoms with Gasteiger partial charge in [-0.05, 0) is 55.3 Å². The highest BCUT2D eigenvalue weighted by atomic mass is 35.5. The van der Waals surface area contributed by atoms with E-state index >= 15 is 0 Å². The molecule has 2 atom stereocenters. The second-order valence-corrected chi connectivity index (χ2v) is 11.3. The van der Waals surface area contributed by atoms with E-state index in [1.165, 1.54) is 11.8 Å². The Bertz CT molecular complexity index is 1120. The summed E-state index contributed by atoms with van der Waals surface area (Å²) < 4.78 is 29.9. The van der Waals surface area contributed by atoms with Crippen molar-refractivity contribution in [1.29, 1.82) is 0 Å². The molecule has 158 valence electrons. The summed E-state index contributed by atoms with van der Waals surface area (Å²) in [7, 11) is -3.11. The quantitative estimate of drug-likeness (QED) is 0.687. The number of anilines is 1. The van der Waals surface area contributed by atoms with Gasteiger partial charge in [-0.2, -0.15) is 4.99 Å². The van der Waals surface area contributed by atoms with E-state index in [1.54, 1.807) is 24.3 Å². The number of fused-ring (bicyclic) bond motifs is 1. The van der Waals surface area contributed by atoms with Gasteiger partial charge in [0.2, 0.25) is 0 Å². The molecule has 2 fully saturated rings. The number of amides is 1. The average molecular weight is 465 g/mol. The van der Waals surface area contributed by atoms with Gasteiger partial charge in [-0.3, -0.25) is 4.79 Å². The number of hydrogen-bond acceptors (Lipinski definition) is 5. The molecule has 0 N–H and O–H groups in total. The number of hydrogen-bond donors (Lipinski definition) is 0. The number of halogens is 1. The van der Waals surface area contributed by atoms with Crippen LogP contribution in [0.2, 0.25) is 5.02 Å². The summed E-state index contributed by atoms with van der Waals surface area (Å²) in [4.78, 5) is 18.7. The molecular formula is C21H21ClN2O4S2. The minimum Gasteiger partial charge on any atom is -0.484 e. The summed E-state index contributed by atoms with van der Waals surface area (Å²) >= 11 is 7.21. The number of carbonyl (C=O) groups is 1. The van der Waals surface area contributed by atoms with E-state index in [4.69, 9.17) is 16.3 Å². The van der Waals surface area contributed by atoms with Crippen molar-refractivity contribution >= 4 is 50.0 Å². The zero-order valence-electron chi connectivity index (χ0n) is 16.5. The van der Waals surface area contributed by atoms with E-state index < -0.39 is 15.7 Å². The maximum atomic E-state index is 12.5. The van der Waals surface area contributed by atoms with Crippen LogP contribution < -0.4 is 9.64 Å². The molecule has 2 aliphatic rings. The number of ether oxygens (including phenoxy) is 1. The Labute approximate surface area is 185 Å². The van der Waals surface area contributed by atoms with Crippen molar-refractivity contribution in [2.75, 3.05) is 23.0 Å². The van der Waals surface area contributed by atoms with Gasteiger partial charge < -0.3 is 9.64 Å². The Balaban J connectivity index is 1.59. The van der Waals surface area contributed by atoms with Crippen molar-refractivity contribution < 1.29 is 17.9 Å². The lowest BCUT2D eigenvalue weighted by Crippen LogP contribution is -2.38. The molecule has 2 aliphatic heterocycles. The van der Waals surface area contributed by atoms with Crippen LogP contribution in [0.15, 0.2) is 47.5 Å². The van der Waals surface area contributed by atoms with Crippen LogP contribution in [-0.4, -0.2) is 48.9 Å². The smallest absolute Gasteiger partial charge is 0.285 e. The summed E-state index contributed by atoms with van der Waals surface area (Å²) in [5.41, 5.74) is 2.95. The molecular weight excluding hydrogens is 444 g/mol. The fourth-order valence-corrected chi connectivity index (χ4v) is 7.69. The molecule has 0 spiro atoms. The van der Waals surface area contributed by atoms with Gasteiger partial charge in [0, 0.05) is 16.0 Å². The van der Waals surface area contributed by atoms with Crippen molar-refractivity contribution in [3.05, 3.63) is 58.6 Å². The van der Waals surface area contributed by atoms with Crippen molar-refractivity contribution in [1.82, 2.24) is 0 Å². The third kappa shape index (κ3) is 4.50. The number of aliphatic imine (C=N–C) groups is 1. The fraction of sp³-hybridized carbons (Fsp3) is 0.333. The Kier molecular flexibility index (Phi) is 5.83. The van der Waals surface area contributed by atoms with Crippen LogP contribution in [0.4, 0.5) is 5.69 Å². The lowest BCUT2D eigenvalue weighted by molar-refractivity contribution is -0.119. The van der Waals surface area contributed by atoms with Gasteiger partial charge in [-0.1, -0.05) is 35.5 Å². The van der Waals surface area contributed by atoms with E-state index in [-0.39, 0.29) is 29.4 Å². The van der Waals surface area contributed by atoms with Gasteiger partial charge in [-0.25, -0.2) is 8.42 Å². The first-order valence-electron chi connectivity index (χ1n) is 9.45. The third-order valence-corrected chi connectivity index (χ3v) is 8.55. The lowest BCUT2D eigenvalue weighted by Gasteiger charge is -2.26. The standard InChI is InChI=1S/C21H21ClN2O4S2/c1-13-3-4-14(2)17(9-13)24-18-11-30(26,27)12-19(18)29-21(24)23-20(25)10-28-16-7-5-15(22)6-8-16/h3-9,18-19H,10-12H2,1-2H3/t18-,19-/m0/s1. The summed E-state index contributed by atoms with van der Waals surface area (Å²) in [6.07, 6.45) is 0. The number of carbonyl (C=O) groups excluding carboxylic acids is 1. The predicted molar refractivity (Wildman–Crippen MR) is 122 cm³/mol. The molecule has 2 saturated heterocycles. The van der Waals surface area contributed by atoms with E-state index in [0.717, 1.165) is 16.8 Å². The highest BCUT2D eigenvalue weighted by Crippen LogP contribution is 2.42. The molecule has 2 heterocycles. The molecule has 0 saturated carbocycles. The van der Waals surface area contributed by atoms with Gasteiger partial charge in [0.1, 0.15) is 5.75 Å². The average Bonchev–Trinajstić information content (AvgIpc) is 3.14. The molecule has 2 aromatic rings. The SMILES string of the molecule is Cc1ccc(C)c(N2C(=NC(=O)COc3ccc(Cl)cc3)S[C@H]3CS(=O)(=O)C[C@@H]32)c1. The number of benzene rings is 2. The van der Waals surface area contributed by atoms with Crippen LogP contribution in [0.25, 0.3) is 0 Å². The van der Waals surface area contributed by atoms with E-state index in [2.05, 4.69) is 4.99 Å². The van der Waals surface area contributed by atoms with Crippen molar-refractivity contribution in [2.24, 2.45) is 4.99 Å². The van der Waals surface area contributed by atoms with E-state index in [0.29, 0.717) is 15.9 Å². The largest absolute Gasteiger partial charge is 0.484 e. The Morgan fingerprint density at radius 3 is 2.67 bits per heavy atom. The van der Waals surface area contributed by atoms with Gasteiger partial charge >= 0.3 is 0 Å². The first kappa shape index (κ1) is 21.2. The fourth-order valence-electron chi connectivity index (χ4n) is 3.64. The number of amidine groups is 1. The molecule has 6 nitrogen and oxygen atoms in total. The highest BCUT2D eigenvalue weighted by molar-refractivity contribution is 8.16. The summed E-state index contributed by atoms with van der Waals surface area (Å²) in [5.74, 6) is 0.261. The number of nitrogens with zero attached hydrogens (tertiary/aromatic N) is 2. The minimum absolute atomic E-state index is 0.0620. The second-order valence-electron chi connectivity index (χ2n) is 7.49. The van der Waals surface area contributed by atoms with Crippen molar-refractivity contribution in [3.8, 4) is 5.75 Å². The van der Waals surface area contributed by atoms with E-state index in [1.807, 2.05) is 36.9 Å². The summed E-state index contributed by atoms with van der Waals surface area (Å²) in [5, 5.41) is 0.971. The minimum atomic E-state index is -3.11. The van der Waals surface area contributed by atoms with Gasteiger partial charge in [-0.15, -0.1) is 0 Å². The predicted octanol–water partition coefficient (Wildman–Crippen LogP) is 3.64. The third-order valence-electron chi connectivity index (χ3n) is 5.09. The highest BCUT2D eigenvalue weighted by Gasteiger charge is 2.49. The van der Waals surface area contributed by atoms with Crippen LogP contribution in [0.3, 0.4) is 0 Å². The van der Waals surface area contributed by atoms with E-state index in [9.17, 15) is 13.2 Å². The molecule has 0 aliphatic carbocycles. The van der Waals surface area contributed by atoms with Gasteiger partial charge in [0.05, 0.1) is 17.5 Å². The molecule has 4 rings (SSSR count). The van der Waals surface area contributed by atoms with Crippen LogP contribution in [0.5, 0.6) is 5.75 Å². The maximum Gasteiger partial charge on any atom is 0.285 e. The molecule has 30 heavy (non-hydrogen) atoms. The molecule has 1 amide bonds. The Hall–Kier alpha value is -2.03. The summed E-state index contributed by atoms with van der Waals surface area (Å²) in [6, 6.07) is 12.5. The maximum absolute atomic E-state index is 12.5. The molecule has 0 bridgehead atoms. The van der Waals surface area contributed by atoms with Crippen LogP contribution in [0, 0.1) is 13.8 Å². The Morgan fingerprint density at radius 2 is 1.93 bits per heavy atom. The zero-order valence-corrected chi connectivity index (χ0v) is 18.9. The van der Waals surface area contributed by atoms with Crippen LogP contribution in [0.1, 0.15) is 11.1 Å². The number of rotatable bonds is 4. The lowest BCUT2D eigenvalue weighted by atomic mass is 10.1. The number of thioether (sulfide) groups is 1. The first-order chi connectivity index (χ1) is 14.2. The normalized spacial score (nSPS) is 23.6. The molecule has 2 aromatic carbocycles. The molecule has 0 aromatic heterocycles. The van der Waals surface area contributed by atoms with Crippen molar-refractivity contribution in [3.63, 3.8) is 0 Å². The van der Waals surface area contributed by atoms with Gasteiger partial charge in [0.15, 0.2) is 21.6 Å². The van der Waals surface area contributed by atoms with Crippen molar-refractivity contribution in [2.45, 2.75) is 25.1 Å². The topological polar surface area (TPSA) is 76.0 Å². The Morgan fingerprint density at radius 1 is 1.20 bits per heavy atom. The zero-order chi connectivity index (χ0) is 21.5. The number of aryl methyl sites for hydroxylation is 2. The molecule has 9 heteroatoms. The molecule has 0 radical (unpaired) electrons. The van der Waals surface area contributed by atoms with Gasteiger partial charge in [0.25, 0.3) is 5.91 Å². The second kappa shape index (κ2) is 8.24.